The molecular weight excluding hydrogens is 381 g/mol. The van der Waals surface area contributed by atoms with Gasteiger partial charge in [0, 0.05) is 29.7 Å². The third kappa shape index (κ3) is 5.11. The number of ether oxygens (including phenoxy) is 3. The molecule has 1 aliphatic rings. The minimum Gasteiger partial charge on any atom is -0.497 e. The van der Waals surface area contributed by atoms with Crippen molar-refractivity contribution in [1.29, 1.82) is 0 Å². The fourth-order valence-corrected chi connectivity index (χ4v) is 3.60. The predicted octanol–water partition coefficient (Wildman–Crippen LogP) is 6.21. The van der Waals surface area contributed by atoms with Crippen LogP contribution in [0.3, 0.4) is 0 Å². The zero-order valence-corrected chi connectivity index (χ0v) is 16.8. The van der Waals surface area contributed by atoms with Crippen LogP contribution in [0.2, 0.25) is 0 Å². The third-order valence-electron chi connectivity index (χ3n) is 5.30. The molecule has 3 rings (SSSR count). The quantitative estimate of drug-likeness (QED) is 0.486. The number of unbranched alkanes of at least 4 members (excludes halogenated alkanes) is 2. The van der Waals surface area contributed by atoms with Gasteiger partial charge < -0.3 is 14.2 Å². The van der Waals surface area contributed by atoms with Crippen molar-refractivity contribution in [3.8, 4) is 16.9 Å². The van der Waals surface area contributed by atoms with Gasteiger partial charge in [-0.25, -0.2) is 13.2 Å². The molecule has 0 aromatic heterocycles. The van der Waals surface area contributed by atoms with E-state index in [2.05, 4.69) is 6.92 Å². The Hall–Kier alpha value is -2.05. The number of rotatable bonds is 8. The number of benzene rings is 2. The fraction of sp³-hybridized carbons (Fsp3) is 0.478. The van der Waals surface area contributed by atoms with Crippen LogP contribution in [0.15, 0.2) is 30.3 Å². The Morgan fingerprint density at radius 1 is 1.00 bits per heavy atom. The average molecular weight is 408 g/mol. The van der Waals surface area contributed by atoms with E-state index in [0.717, 1.165) is 25.3 Å². The lowest BCUT2D eigenvalue weighted by atomic mass is 9.90. The molecule has 0 amide bonds. The first-order chi connectivity index (χ1) is 14.0. The molecule has 1 aliphatic heterocycles. The van der Waals surface area contributed by atoms with Gasteiger partial charge in [0.2, 0.25) is 0 Å². The Bertz CT molecular complexity index is 817. The molecular formula is C23H27F3O3. The molecule has 0 bridgehead atoms. The van der Waals surface area contributed by atoms with Crippen LogP contribution in [0.1, 0.15) is 50.5 Å². The summed E-state index contributed by atoms with van der Waals surface area (Å²) in [5.74, 6) is -2.61. The first-order valence-corrected chi connectivity index (χ1v) is 10.1. The number of hydrogen-bond acceptors (Lipinski definition) is 3. The number of halogens is 3. The molecule has 1 heterocycles. The Labute approximate surface area is 169 Å². The second kappa shape index (κ2) is 10.1. The zero-order valence-electron chi connectivity index (χ0n) is 16.8. The van der Waals surface area contributed by atoms with Gasteiger partial charge in [-0.05, 0) is 37.0 Å². The molecule has 0 radical (unpaired) electrons. The van der Waals surface area contributed by atoms with Crippen LogP contribution in [-0.4, -0.2) is 26.6 Å². The van der Waals surface area contributed by atoms with Crippen molar-refractivity contribution in [3.05, 3.63) is 53.3 Å². The third-order valence-corrected chi connectivity index (χ3v) is 5.30. The van der Waals surface area contributed by atoms with Gasteiger partial charge in [0.25, 0.3) is 0 Å². The van der Waals surface area contributed by atoms with Crippen LogP contribution in [0, 0.1) is 17.5 Å². The summed E-state index contributed by atoms with van der Waals surface area (Å²) in [6, 6.07) is 6.99. The van der Waals surface area contributed by atoms with E-state index < -0.39 is 17.5 Å². The highest BCUT2D eigenvalue weighted by Crippen LogP contribution is 2.35. The Balaban J connectivity index is 1.69. The summed E-state index contributed by atoms with van der Waals surface area (Å²) in [6.45, 7) is 3.04. The van der Waals surface area contributed by atoms with Crippen LogP contribution in [0.5, 0.6) is 5.75 Å². The molecule has 0 N–H and O–H groups in total. The lowest BCUT2D eigenvalue weighted by Gasteiger charge is -2.29. The topological polar surface area (TPSA) is 27.7 Å². The van der Waals surface area contributed by atoms with Gasteiger partial charge in [-0.15, -0.1) is 0 Å². The molecule has 1 fully saturated rings. The number of methoxy groups -OCH3 is 1. The van der Waals surface area contributed by atoms with Gasteiger partial charge in [0.05, 0.1) is 13.7 Å². The maximum Gasteiger partial charge on any atom is 0.167 e. The highest BCUT2D eigenvalue weighted by molar-refractivity contribution is 5.66. The predicted molar refractivity (Wildman–Crippen MR) is 105 cm³/mol. The highest BCUT2D eigenvalue weighted by Gasteiger charge is 2.27. The van der Waals surface area contributed by atoms with Crippen LogP contribution in [-0.2, 0) is 9.47 Å². The SMILES string of the molecule is CCCCCOC1CCC(c2ccc(-c3ccc(OC)cc3F)c(F)c2F)CO1. The van der Waals surface area contributed by atoms with Gasteiger partial charge >= 0.3 is 0 Å². The Morgan fingerprint density at radius 2 is 1.79 bits per heavy atom. The summed E-state index contributed by atoms with van der Waals surface area (Å²) >= 11 is 0. The first-order valence-electron chi connectivity index (χ1n) is 10.1. The van der Waals surface area contributed by atoms with Gasteiger partial charge in [-0.2, -0.15) is 0 Å². The van der Waals surface area contributed by atoms with Crippen LogP contribution >= 0.6 is 0 Å². The van der Waals surface area contributed by atoms with Crippen molar-refractivity contribution in [2.45, 2.75) is 51.2 Å². The molecule has 2 aromatic carbocycles. The van der Waals surface area contributed by atoms with Crippen LogP contribution < -0.4 is 4.74 Å². The van der Waals surface area contributed by atoms with Crippen molar-refractivity contribution in [1.82, 2.24) is 0 Å². The second-order valence-electron chi connectivity index (χ2n) is 7.29. The summed E-state index contributed by atoms with van der Waals surface area (Å²) in [5.41, 5.74) is 0.138. The molecule has 2 atom stereocenters. The van der Waals surface area contributed by atoms with E-state index in [0.29, 0.717) is 25.2 Å². The first kappa shape index (κ1) is 21.7. The normalized spacial score (nSPS) is 19.3. The molecule has 6 heteroatoms. The monoisotopic (exact) mass is 408 g/mol. The summed E-state index contributed by atoms with van der Waals surface area (Å²) in [5, 5.41) is 0. The summed E-state index contributed by atoms with van der Waals surface area (Å²) in [6.07, 6.45) is 4.21. The highest BCUT2D eigenvalue weighted by atomic mass is 19.2. The average Bonchev–Trinajstić information content (AvgIpc) is 2.74. The summed E-state index contributed by atoms with van der Waals surface area (Å²) in [4.78, 5) is 0. The van der Waals surface area contributed by atoms with Gasteiger partial charge in [0.15, 0.2) is 17.9 Å². The van der Waals surface area contributed by atoms with Crippen molar-refractivity contribution < 1.29 is 27.4 Å². The van der Waals surface area contributed by atoms with Gasteiger partial charge in [0.1, 0.15) is 11.6 Å². The smallest absolute Gasteiger partial charge is 0.167 e. The standard InChI is InChI=1S/C23H27F3O3/c1-3-4-5-12-28-21-11-6-15(14-29-21)17-9-10-19(23(26)22(17)25)18-8-7-16(27-2)13-20(18)24/h7-10,13,15,21H,3-6,11-12,14H2,1-2H3. The lowest BCUT2D eigenvalue weighted by molar-refractivity contribution is -0.168. The van der Waals surface area contributed by atoms with Crippen molar-refractivity contribution in [2.24, 2.45) is 0 Å². The zero-order chi connectivity index (χ0) is 20.8. The maximum absolute atomic E-state index is 14.8. The molecule has 1 saturated heterocycles. The van der Waals surface area contributed by atoms with E-state index in [9.17, 15) is 13.2 Å². The van der Waals surface area contributed by atoms with Crippen molar-refractivity contribution >= 4 is 0 Å². The van der Waals surface area contributed by atoms with E-state index in [1.807, 2.05) is 0 Å². The molecule has 2 unspecified atom stereocenters. The van der Waals surface area contributed by atoms with Crippen LogP contribution in [0.25, 0.3) is 11.1 Å². The minimum atomic E-state index is -1.05. The van der Waals surface area contributed by atoms with E-state index in [1.165, 1.54) is 31.4 Å². The van der Waals surface area contributed by atoms with Gasteiger partial charge in [-0.3, -0.25) is 0 Å². The molecule has 0 aliphatic carbocycles. The summed E-state index contributed by atoms with van der Waals surface area (Å²) in [7, 11) is 1.41. The van der Waals surface area contributed by atoms with Crippen molar-refractivity contribution in [2.75, 3.05) is 20.3 Å². The largest absolute Gasteiger partial charge is 0.497 e. The molecule has 3 nitrogen and oxygen atoms in total. The van der Waals surface area contributed by atoms with Crippen LogP contribution in [0.4, 0.5) is 13.2 Å². The maximum atomic E-state index is 14.8. The Kier molecular flexibility index (Phi) is 7.56. The van der Waals surface area contributed by atoms with E-state index >= 15 is 0 Å². The van der Waals surface area contributed by atoms with Gasteiger partial charge in [-0.1, -0.05) is 31.9 Å². The molecule has 158 valence electrons. The van der Waals surface area contributed by atoms with E-state index in [-0.39, 0.29) is 35.5 Å². The fourth-order valence-electron chi connectivity index (χ4n) is 3.60. The Morgan fingerprint density at radius 3 is 2.45 bits per heavy atom. The molecule has 0 saturated carbocycles. The number of hydrogen-bond donors (Lipinski definition) is 0. The van der Waals surface area contributed by atoms with E-state index in [4.69, 9.17) is 14.2 Å². The molecule has 0 spiro atoms. The summed E-state index contributed by atoms with van der Waals surface area (Å²) < 4.78 is 60.1. The second-order valence-corrected chi connectivity index (χ2v) is 7.29. The molecule has 2 aromatic rings. The van der Waals surface area contributed by atoms with Crippen molar-refractivity contribution in [3.63, 3.8) is 0 Å². The molecule has 29 heavy (non-hydrogen) atoms. The minimum absolute atomic E-state index is 0.00538. The van der Waals surface area contributed by atoms with E-state index in [1.54, 1.807) is 0 Å². The lowest BCUT2D eigenvalue weighted by Crippen LogP contribution is -2.28.